The van der Waals surface area contributed by atoms with E-state index in [9.17, 15) is 9.90 Å². The molecule has 0 fully saturated rings. The zero-order valence-corrected chi connectivity index (χ0v) is 9.20. The summed E-state index contributed by atoms with van der Waals surface area (Å²) in [6, 6.07) is 0. The largest absolute Gasteiger partial charge is 0.493 e. The Morgan fingerprint density at radius 3 is 2.73 bits per heavy atom. The van der Waals surface area contributed by atoms with Gasteiger partial charge in [-0.15, -0.1) is 0 Å². The van der Waals surface area contributed by atoms with E-state index in [0.29, 0.717) is 17.8 Å². The number of rotatable bonds is 4. The highest BCUT2D eigenvalue weighted by molar-refractivity contribution is 5.22. The number of H-pyrrole nitrogens is 1. The normalized spacial score (nSPS) is 12.7. The van der Waals surface area contributed by atoms with Crippen LogP contribution >= 0.6 is 0 Å². The Kier molecular flexibility index (Phi) is 3.85. The number of hydrogen-bond donors (Lipinski definition) is 2. The predicted molar refractivity (Wildman–Crippen MR) is 55.9 cm³/mol. The van der Waals surface area contributed by atoms with Gasteiger partial charge in [-0.3, -0.25) is 4.79 Å². The average Bonchev–Trinajstić information content (AvgIpc) is 2.22. The second-order valence-electron chi connectivity index (χ2n) is 3.38. The van der Waals surface area contributed by atoms with Crippen LogP contribution in [-0.2, 0) is 11.2 Å². The second kappa shape index (κ2) is 4.93. The average molecular weight is 212 g/mol. The molecule has 1 rings (SSSR count). The molecule has 0 saturated heterocycles. The van der Waals surface area contributed by atoms with Gasteiger partial charge in [-0.1, -0.05) is 13.3 Å². The highest BCUT2D eigenvalue weighted by Crippen LogP contribution is 2.15. The van der Waals surface area contributed by atoms with Gasteiger partial charge in [-0.25, -0.2) is 0 Å². The number of nitrogens with one attached hydrogen (secondary N) is 1. The molecule has 0 aromatic carbocycles. The summed E-state index contributed by atoms with van der Waals surface area (Å²) in [5.41, 5.74) is 0.0489. The van der Waals surface area contributed by atoms with Gasteiger partial charge in [0.1, 0.15) is 11.9 Å². The Labute approximate surface area is 88.1 Å². The van der Waals surface area contributed by atoms with Crippen molar-refractivity contribution in [2.75, 3.05) is 7.11 Å². The molecule has 0 spiro atoms. The Hall–Kier alpha value is -1.36. The minimum atomic E-state index is -0.334. The van der Waals surface area contributed by atoms with Crippen LogP contribution in [0.1, 0.15) is 37.8 Å². The van der Waals surface area contributed by atoms with Crippen molar-refractivity contribution in [3.63, 3.8) is 0 Å². The van der Waals surface area contributed by atoms with E-state index in [1.807, 2.05) is 6.92 Å². The number of nitrogens with zero attached hydrogens (tertiary/aromatic N) is 1. The first-order valence-corrected chi connectivity index (χ1v) is 4.95. The number of aromatic hydroxyl groups is 1. The first-order valence-electron chi connectivity index (χ1n) is 4.95. The third-order valence-corrected chi connectivity index (χ3v) is 2.25. The lowest BCUT2D eigenvalue weighted by Gasteiger charge is -2.09. The lowest BCUT2D eigenvalue weighted by molar-refractivity contribution is 0.111. The predicted octanol–water partition coefficient (Wildman–Crippen LogP) is 1.14. The maximum Gasteiger partial charge on any atom is 0.258 e. The minimum absolute atomic E-state index is 0.195. The van der Waals surface area contributed by atoms with E-state index in [0.717, 1.165) is 6.42 Å². The van der Waals surface area contributed by atoms with Crippen molar-refractivity contribution in [1.82, 2.24) is 9.97 Å². The first-order chi connectivity index (χ1) is 7.10. The molecule has 0 amide bonds. The quantitative estimate of drug-likeness (QED) is 0.784. The van der Waals surface area contributed by atoms with Crippen molar-refractivity contribution >= 4 is 0 Å². The van der Waals surface area contributed by atoms with Gasteiger partial charge in [0.15, 0.2) is 0 Å². The van der Waals surface area contributed by atoms with Crippen molar-refractivity contribution in [2.24, 2.45) is 0 Å². The molecule has 15 heavy (non-hydrogen) atoms. The Morgan fingerprint density at radius 2 is 2.27 bits per heavy atom. The van der Waals surface area contributed by atoms with Crippen LogP contribution in [0.2, 0.25) is 0 Å². The standard InChI is InChI=1S/C10H16N2O3/c1-4-5-7-9(13)11-8(6(2)15-3)12-10(7)14/h6H,4-5H2,1-3H3,(H2,11,12,13,14). The molecule has 0 aliphatic rings. The summed E-state index contributed by atoms with van der Waals surface area (Å²) in [5.74, 6) is 0.152. The summed E-state index contributed by atoms with van der Waals surface area (Å²) in [5, 5.41) is 9.56. The molecule has 0 aliphatic carbocycles. The minimum Gasteiger partial charge on any atom is -0.493 e. The molecule has 5 heteroatoms. The van der Waals surface area contributed by atoms with Crippen LogP contribution in [0, 0.1) is 0 Å². The van der Waals surface area contributed by atoms with E-state index in [-0.39, 0.29) is 17.5 Å². The van der Waals surface area contributed by atoms with Gasteiger partial charge in [0, 0.05) is 7.11 Å². The van der Waals surface area contributed by atoms with Crippen molar-refractivity contribution in [3.8, 4) is 5.88 Å². The van der Waals surface area contributed by atoms with Crippen LogP contribution in [0.15, 0.2) is 4.79 Å². The van der Waals surface area contributed by atoms with Gasteiger partial charge < -0.3 is 14.8 Å². The number of aromatic amines is 1. The third-order valence-electron chi connectivity index (χ3n) is 2.25. The molecule has 1 aromatic rings. The van der Waals surface area contributed by atoms with Gasteiger partial charge in [0.05, 0.1) is 5.56 Å². The molecule has 1 atom stereocenters. The zero-order valence-electron chi connectivity index (χ0n) is 9.20. The van der Waals surface area contributed by atoms with Crippen LogP contribution in [0.4, 0.5) is 0 Å². The van der Waals surface area contributed by atoms with E-state index >= 15 is 0 Å². The van der Waals surface area contributed by atoms with Crippen molar-refractivity contribution < 1.29 is 9.84 Å². The first kappa shape index (κ1) is 11.7. The van der Waals surface area contributed by atoms with Crippen LogP contribution in [0.25, 0.3) is 0 Å². The highest BCUT2D eigenvalue weighted by Gasteiger charge is 2.13. The molecular weight excluding hydrogens is 196 g/mol. The molecule has 1 aromatic heterocycles. The van der Waals surface area contributed by atoms with Crippen LogP contribution in [0.5, 0.6) is 5.88 Å². The molecule has 1 heterocycles. The number of aromatic nitrogens is 2. The van der Waals surface area contributed by atoms with Gasteiger partial charge >= 0.3 is 0 Å². The Balaban J connectivity index is 3.13. The maximum absolute atomic E-state index is 11.6. The van der Waals surface area contributed by atoms with Crippen LogP contribution in [0.3, 0.4) is 0 Å². The summed E-state index contributed by atoms with van der Waals surface area (Å²) < 4.78 is 5.00. The third kappa shape index (κ3) is 2.56. The van der Waals surface area contributed by atoms with E-state index in [4.69, 9.17) is 4.74 Å². The van der Waals surface area contributed by atoms with Gasteiger partial charge in [-0.05, 0) is 13.3 Å². The molecule has 0 bridgehead atoms. The van der Waals surface area contributed by atoms with Crippen molar-refractivity contribution in [1.29, 1.82) is 0 Å². The summed E-state index contributed by atoms with van der Waals surface area (Å²) in [6.07, 6.45) is 0.979. The van der Waals surface area contributed by atoms with Crippen LogP contribution < -0.4 is 5.56 Å². The highest BCUT2D eigenvalue weighted by atomic mass is 16.5. The zero-order chi connectivity index (χ0) is 11.4. The van der Waals surface area contributed by atoms with Crippen LogP contribution in [-0.4, -0.2) is 22.2 Å². The smallest absolute Gasteiger partial charge is 0.258 e. The molecule has 84 valence electrons. The molecule has 0 saturated carbocycles. The molecule has 0 radical (unpaired) electrons. The van der Waals surface area contributed by atoms with Gasteiger partial charge in [-0.2, -0.15) is 4.98 Å². The fourth-order valence-electron chi connectivity index (χ4n) is 1.28. The van der Waals surface area contributed by atoms with E-state index < -0.39 is 0 Å². The van der Waals surface area contributed by atoms with E-state index in [1.54, 1.807) is 6.92 Å². The number of ether oxygens (including phenoxy) is 1. The summed E-state index contributed by atoms with van der Waals surface area (Å²) in [4.78, 5) is 18.1. The van der Waals surface area contributed by atoms with Gasteiger partial charge in [0.2, 0.25) is 5.88 Å². The summed E-state index contributed by atoms with van der Waals surface area (Å²) in [6.45, 7) is 3.68. The van der Waals surface area contributed by atoms with E-state index in [1.165, 1.54) is 7.11 Å². The summed E-state index contributed by atoms with van der Waals surface area (Å²) in [7, 11) is 1.52. The van der Waals surface area contributed by atoms with Crippen molar-refractivity contribution in [3.05, 3.63) is 21.7 Å². The fourth-order valence-corrected chi connectivity index (χ4v) is 1.28. The molecule has 5 nitrogen and oxygen atoms in total. The monoisotopic (exact) mass is 212 g/mol. The lowest BCUT2D eigenvalue weighted by atomic mass is 10.2. The Bertz CT molecular complexity index is 387. The summed E-state index contributed by atoms with van der Waals surface area (Å²) >= 11 is 0. The number of methoxy groups -OCH3 is 1. The SMILES string of the molecule is CCCc1c(O)nc(C(C)OC)[nH]c1=O. The molecule has 2 N–H and O–H groups in total. The van der Waals surface area contributed by atoms with E-state index in [2.05, 4.69) is 9.97 Å². The Morgan fingerprint density at radius 1 is 1.60 bits per heavy atom. The maximum atomic E-state index is 11.6. The molecular formula is C10H16N2O3. The molecule has 0 aliphatic heterocycles. The second-order valence-corrected chi connectivity index (χ2v) is 3.38. The lowest BCUT2D eigenvalue weighted by Crippen LogP contribution is -2.18. The topological polar surface area (TPSA) is 75.2 Å². The number of hydrogen-bond acceptors (Lipinski definition) is 4. The van der Waals surface area contributed by atoms with Crippen molar-refractivity contribution in [2.45, 2.75) is 32.8 Å². The van der Waals surface area contributed by atoms with Gasteiger partial charge in [0.25, 0.3) is 5.56 Å². The fraction of sp³-hybridized carbons (Fsp3) is 0.600. The molecule has 1 unspecified atom stereocenters.